The highest BCUT2D eigenvalue weighted by molar-refractivity contribution is 8.00. The average Bonchev–Trinajstić information content (AvgIpc) is 2.46. The average molecular weight is 375 g/mol. The van der Waals surface area contributed by atoms with Gasteiger partial charge in [-0.25, -0.2) is 0 Å². The van der Waals surface area contributed by atoms with Crippen LogP contribution in [-0.4, -0.2) is 45.1 Å². The van der Waals surface area contributed by atoms with Crippen LogP contribution in [0.25, 0.3) is 0 Å². The van der Waals surface area contributed by atoms with Crippen LogP contribution in [0.2, 0.25) is 0 Å². The Morgan fingerprint density at radius 3 is 1.88 bits per heavy atom. The normalized spacial score (nSPS) is 11.2. The van der Waals surface area contributed by atoms with Crippen molar-refractivity contribution in [3.8, 4) is 0 Å². The number of carbonyl (C=O) groups is 2. The zero-order chi connectivity index (χ0) is 18.2. The van der Waals surface area contributed by atoms with Crippen LogP contribution >= 0.6 is 0 Å². The van der Waals surface area contributed by atoms with Crippen molar-refractivity contribution < 1.29 is 27.5 Å². The molecular weight excluding hydrogens is 354 g/mol. The molecule has 1 aromatic rings. The van der Waals surface area contributed by atoms with Gasteiger partial charge in [0, 0.05) is 25.4 Å². The number of carbonyl (C=O) groups excluding carboxylic acids is 2. The number of sulfonamides is 1. The molecule has 0 aliphatic heterocycles. The maximum Gasteiger partial charge on any atom is 0.302 e. The molecule has 0 saturated heterocycles. The highest BCUT2D eigenvalue weighted by atomic mass is 32.3. The number of benzene rings is 1. The summed E-state index contributed by atoms with van der Waals surface area (Å²) in [6, 6.07) is 6.37. The maximum atomic E-state index is 12.4. The summed E-state index contributed by atoms with van der Waals surface area (Å²) >= 11 is 0. The van der Waals surface area contributed by atoms with Gasteiger partial charge in [0.15, 0.2) is 0 Å². The van der Waals surface area contributed by atoms with E-state index in [1.807, 2.05) is 6.92 Å². The van der Waals surface area contributed by atoms with E-state index in [4.69, 9.17) is 9.47 Å². The molecule has 0 bridgehead atoms. The van der Waals surface area contributed by atoms with E-state index >= 15 is 0 Å². The van der Waals surface area contributed by atoms with E-state index in [0.717, 1.165) is 5.56 Å². The fraction of sp³-hybridized carbons (Fsp3) is 0.467. The van der Waals surface area contributed by atoms with Crippen molar-refractivity contribution >= 4 is 32.7 Å². The molecule has 0 heterocycles. The van der Waals surface area contributed by atoms with Gasteiger partial charge in [0.2, 0.25) is 0 Å². The quantitative estimate of drug-likeness (QED) is 0.640. The van der Waals surface area contributed by atoms with Gasteiger partial charge in [-0.3, -0.25) is 9.59 Å². The van der Waals surface area contributed by atoms with Crippen LogP contribution in [0.15, 0.2) is 32.9 Å². The summed E-state index contributed by atoms with van der Waals surface area (Å²) in [5.41, 5.74) is 0.942. The molecule has 0 unspecified atom stereocenters. The Balaban J connectivity index is 2.92. The summed E-state index contributed by atoms with van der Waals surface area (Å²) in [7, 11) is -4.77. The first kappa shape index (κ1) is 20.3. The molecule has 0 radical (unpaired) electrons. The minimum atomic E-state index is -3.82. The van der Waals surface area contributed by atoms with Gasteiger partial charge in [-0.2, -0.15) is 8.42 Å². The Kier molecular flexibility index (Phi) is 8.06. The van der Waals surface area contributed by atoms with Gasteiger partial charge < -0.3 is 9.47 Å². The zero-order valence-corrected chi connectivity index (χ0v) is 15.5. The SMILES string of the molecule is CC(=O)OCCS(CCOC(C)=O)=NS(=O)(=O)c1ccc(C)cc1. The van der Waals surface area contributed by atoms with E-state index in [-0.39, 0.29) is 29.6 Å². The van der Waals surface area contributed by atoms with E-state index in [1.165, 1.54) is 26.0 Å². The fourth-order valence-corrected chi connectivity index (χ4v) is 4.92. The highest BCUT2D eigenvalue weighted by Crippen LogP contribution is 2.14. The molecular formula is C15H21NO6S2. The first-order valence-electron chi connectivity index (χ1n) is 7.20. The second kappa shape index (κ2) is 9.53. The van der Waals surface area contributed by atoms with E-state index in [1.54, 1.807) is 12.1 Å². The molecule has 0 fully saturated rings. The number of hydrogen-bond donors (Lipinski definition) is 0. The Morgan fingerprint density at radius 1 is 1.00 bits per heavy atom. The summed E-state index contributed by atoms with van der Waals surface area (Å²) in [5, 5.41) is 0. The van der Waals surface area contributed by atoms with Gasteiger partial charge in [0.25, 0.3) is 10.0 Å². The topological polar surface area (TPSA) is 99.1 Å². The second-order valence-electron chi connectivity index (χ2n) is 4.91. The molecule has 24 heavy (non-hydrogen) atoms. The Bertz CT molecular complexity index is 688. The van der Waals surface area contributed by atoms with Crippen LogP contribution in [0, 0.1) is 6.92 Å². The molecule has 0 aliphatic carbocycles. The fourth-order valence-electron chi connectivity index (χ4n) is 1.63. The van der Waals surface area contributed by atoms with Crippen molar-refractivity contribution in [2.75, 3.05) is 24.7 Å². The number of nitrogens with zero attached hydrogens (tertiary/aromatic N) is 1. The molecule has 134 valence electrons. The third kappa shape index (κ3) is 7.69. The molecule has 0 spiro atoms. The summed E-state index contributed by atoms with van der Waals surface area (Å²) in [6.45, 7) is 4.53. The van der Waals surface area contributed by atoms with Crippen molar-refractivity contribution in [3.63, 3.8) is 0 Å². The van der Waals surface area contributed by atoms with E-state index in [2.05, 4.69) is 3.77 Å². The van der Waals surface area contributed by atoms with Gasteiger partial charge in [0.05, 0.1) is 4.90 Å². The molecule has 0 atom stereocenters. The molecule has 0 N–H and O–H groups in total. The van der Waals surface area contributed by atoms with E-state index in [9.17, 15) is 18.0 Å². The van der Waals surface area contributed by atoms with Crippen molar-refractivity contribution in [2.45, 2.75) is 25.7 Å². The number of ether oxygens (including phenoxy) is 2. The van der Waals surface area contributed by atoms with Crippen LogP contribution < -0.4 is 0 Å². The first-order valence-corrected chi connectivity index (χ1v) is 10.2. The molecule has 7 nitrogen and oxygen atoms in total. The molecule has 1 rings (SSSR count). The van der Waals surface area contributed by atoms with E-state index < -0.39 is 32.7 Å². The standard InChI is InChI=1S/C15H21NO6S2/c1-12-4-6-15(7-5-12)24(19,20)16-23(10-8-21-13(2)17)11-9-22-14(3)18/h4-7H,8-11H2,1-3H3. The lowest BCUT2D eigenvalue weighted by molar-refractivity contribution is -0.141. The number of hydrogen-bond acceptors (Lipinski definition) is 6. The summed E-state index contributed by atoms with van der Waals surface area (Å²) in [4.78, 5) is 21.8. The monoisotopic (exact) mass is 375 g/mol. The summed E-state index contributed by atoms with van der Waals surface area (Å²) in [5.74, 6) is -0.377. The molecule has 9 heteroatoms. The Hall–Kier alpha value is -1.74. The molecule has 0 saturated carbocycles. The van der Waals surface area contributed by atoms with Gasteiger partial charge in [-0.15, -0.1) is 3.77 Å². The van der Waals surface area contributed by atoms with Crippen molar-refractivity contribution in [1.82, 2.24) is 0 Å². The summed E-state index contributed by atoms with van der Waals surface area (Å²) < 4.78 is 38.3. The first-order chi connectivity index (χ1) is 11.2. The minimum Gasteiger partial charge on any atom is -0.465 e. The number of esters is 2. The van der Waals surface area contributed by atoms with Crippen LogP contribution in [0.5, 0.6) is 0 Å². The smallest absolute Gasteiger partial charge is 0.302 e. The Labute approximate surface area is 144 Å². The molecule has 0 aliphatic rings. The highest BCUT2D eigenvalue weighted by Gasteiger charge is 2.14. The van der Waals surface area contributed by atoms with Crippen LogP contribution in [0.4, 0.5) is 0 Å². The predicted molar refractivity (Wildman–Crippen MR) is 91.2 cm³/mol. The lowest BCUT2D eigenvalue weighted by Gasteiger charge is -2.09. The van der Waals surface area contributed by atoms with Gasteiger partial charge in [-0.05, 0) is 19.1 Å². The summed E-state index contributed by atoms with van der Waals surface area (Å²) in [6.07, 6.45) is 0. The second-order valence-corrected chi connectivity index (χ2v) is 8.67. The zero-order valence-electron chi connectivity index (χ0n) is 13.9. The van der Waals surface area contributed by atoms with Crippen LogP contribution in [-0.2, 0) is 39.8 Å². The van der Waals surface area contributed by atoms with Crippen molar-refractivity contribution in [3.05, 3.63) is 29.8 Å². The third-order valence-corrected chi connectivity index (χ3v) is 6.54. The van der Waals surface area contributed by atoms with E-state index in [0.29, 0.717) is 0 Å². The lowest BCUT2D eigenvalue weighted by atomic mass is 10.2. The lowest BCUT2D eigenvalue weighted by Crippen LogP contribution is -2.17. The number of rotatable bonds is 8. The van der Waals surface area contributed by atoms with Crippen molar-refractivity contribution in [1.29, 1.82) is 0 Å². The van der Waals surface area contributed by atoms with Gasteiger partial charge in [-0.1, -0.05) is 28.4 Å². The maximum absolute atomic E-state index is 12.4. The van der Waals surface area contributed by atoms with Crippen LogP contribution in [0.1, 0.15) is 19.4 Å². The molecule has 0 aromatic heterocycles. The third-order valence-electron chi connectivity index (χ3n) is 2.77. The predicted octanol–water partition coefficient (Wildman–Crippen LogP) is 1.61. The number of aryl methyl sites for hydroxylation is 1. The largest absolute Gasteiger partial charge is 0.465 e. The molecule has 1 aromatic carbocycles. The minimum absolute atomic E-state index is 0.0609. The van der Waals surface area contributed by atoms with Gasteiger partial charge >= 0.3 is 11.9 Å². The molecule has 0 amide bonds. The van der Waals surface area contributed by atoms with Crippen LogP contribution in [0.3, 0.4) is 0 Å². The Morgan fingerprint density at radius 2 is 1.46 bits per heavy atom. The van der Waals surface area contributed by atoms with Gasteiger partial charge in [0.1, 0.15) is 13.2 Å². The van der Waals surface area contributed by atoms with Crippen molar-refractivity contribution in [2.24, 2.45) is 3.77 Å².